The van der Waals surface area contributed by atoms with Crippen molar-refractivity contribution in [3.8, 4) is 11.8 Å². The fourth-order valence-corrected chi connectivity index (χ4v) is 4.86. The normalized spacial score (nSPS) is 19.3. The van der Waals surface area contributed by atoms with Gasteiger partial charge >= 0.3 is 0 Å². The molecule has 5 rings (SSSR count). The van der Waals surface area contributed by atoms with Crippen LogP contribution in [-0.4, -0.2) is 91.1 Å². The maximum atomic E-state index is 12.9. The first-order valence-electron chi connectivity index (χ1n) is 11.7. The van der Waals surface area contributed by atoms with Gasteiger partial charge in [-0.3, -0.25) is 14.6 Å². The zero-order valence-electron chi connectivity index (χ0n) is 19.1. The average Bonchev–Trinajstić information content (AvgIpc) is 3.46. The summed E-state index contributed by atoms with van der Waals surface area (Å²) >= 11 is 0. The van der Waals surface area contributed by atoms with Crippen molar-refractivity contribution in [2.75, 3.05) is 70.4 Å². The number of piperazine rings is 2. The van der Waals surface area contributed by atoms with Crippen LogP contribution in [0.25, 0.3) is 0 Å². The number of nitriles is 1. The molecule has 3 aliphatic rings. The van der Waals surface area contributed by atoms with Crippen molar-refractivity contribution in [1.82, 2.24) is 19.7 Å². The molecule has 1 amide bonds. The molecule has 0 bridgehead atoms. The number of carbonyl (C=O) groups excluding carboxylic acids is 1. The molecule has 2 aromatic rings. The lowest BCUT2D eigenvalue weighted by atomic mass is 10.1. The highest BCUT2D eigenvalue weighted by molar-refractivity contribution is 5.78. The average molecular weight is 451 g/mol. The molecule has 0 aliphatic carbocycles. The van der Waals surface area contributed by atoms with E-state index in [4.69, 9.17) is 9.15 Å². The first-order valence-corrected chi connectivity index (χ1v) is 11.7. The minimum absolute atomic E-state index is 0.177. The molecule has 9 nitrogen and oxygen atoms in total. The van der Waals surface area contributed by atoms with Gasteiger partial charge in [0.1, 0.15) is 11.8 Å². The van der Waals surface area contributed by atoms with Crippen LogP contribution >= 0.6 is 0 Å². The van der Waals surface area contributed by atoms with E-state index in [0.717, 1.165) is 51.5 Å². The quantitative estimate of drug-likeness (QED) is 0.673. The summed E-state index contributed by atoms with van der Waals surface area (Å²) in [6, 6.07) is 8.62. The van der Waals surface area contributed by atoms with Crippen LogP contribution < -0.4 is 9.64 Å². The lowest BCUT2D eigenvalue weighted by molar-refractivity contribution is -0.133. The molecule has 1 aromatic carbocycles. The van der Waals surface area contributed by atoms with Crippen LogP contribution in [0.2, 0.25) is 0 Å². The first kappa shape index (κ1) is 21.7. The summed E-state index contributed by atoms with van der Waals surface area (Å²) in [4.78, 5) is 25.6. The predicted octanol–water partition coefficient (Wildman–Crippen LogP) is 1.26. The van der Waals surface area contributed by atoms with Gasteiger partial charge in [0.15, 0.2) is 5.89 Å². The van der Waals surface area contributed by atoms with E-state index in [9.17, 15) is 10.1 Å². The van der Waals surface area contributed by atoms with Gasteiger partial charge in [0.2, 0.25) is 17.5 Å². The van der Waals surface area contributed by atoms with Crippen molar-refractivity contribution in [3.63, 3.8) is 0 Å². The molecular formula is C24H30N6O3. The molecule has 4 heterocycles. The number of nitrogens with zero attached hydrogens (tertiary/aromatic N) is 6. The fourth-order valence-electron chi connectivity index (χ4n) is 4.86. The minimum atomic E-state index is 0.177. The summed E-state index contributed by atoms with van der Waals surface area (Å²) in [5.41, 5.74) is 2.97. The number of oxazole rings is 1. The second-order valence-electron chi connectivity index (χ2n) is 8.96. The van der Waals surface area contributed by atoms with Gasteiger partial charge in [-0.15, -0.1) is 0 Å². The summed E-state index contributed by atoms with van der Waals surface area (Å²) in [5.74, 6) is 2.22. The summed E-state index contributed by atoms with van der Waals surface area (Å²) in [6.07, 6.45) is 1.00. The second kappa shape index (κ2) is 9.41. The molecule has 3 aliphatic heterocycles. The molecule has 1 aromatic heterocycles. The maximum Gasteiger partial charge on any atom is 0.236 e. The Hall–Kier alpha value is -3.09. The topological polar surface area (TPSA) is 89.1 Å². The van der Waals surface area contributed by atoms with E-state index in [-0.39, 0.29) is 5.91 Å². The number of hydrogen-bond donors (Lipinski definition) is 0. The number of anilines is 1. The number of hydrogen-bond acceptors (Lipinski definition) is 8. The Kier molecular flexibility index (Phi) is 6.20. The lowest BCUT2D eigenvalue weighted by Gasteiger charge is -2.38. The van der Waals surface area contributed by atoms with Gasteiger partial charge in [-0.25, -0.2) is 4.98 Å². The number of fused-ring (bicyclic) bond motifs is 1. The molecular weight excluding hydrogens is 420 g/mol. The standard InChI is InChI=1S/C24H30N6O3/c1-18-26-21(15-25)24(33-18)30-11-9-29(10-12-30)23(31)17-28-7-5-27(6-8-28)16-19-2-3-22-20(14-19)4-13-32-22/h2-3,14H,4-13,16-17H2,1H3. The summed E-state index contributed by atoms with van der Waals surface area (Å²) in [5, 5.41) is 9.25. The molecule has 0 saturated carbocycles. The Morgan fingerprint density at radius 1 is 1.09 bits per heavy atom. The molecule has 0 spiro atoms. The highest BCUT2D eigenvalue weighted by Gasteiger charge is 2.27. The van der Waals surface area contributed by atoms with Crippen LogP contribution in [0, 0.1) is 18.3 Å². The Bertz CT molecular complexity index is 1040. The van der Waals surface area contributed by atoms with E-state index < -0.39 is 0 Å². The molecule has 0 N–H and O–H groups in total. The number of aryl methyl sites for hydroxylation is 1. The van der Waals surface area contributed by atoms with Gasteiger partial charge in [0.05, 0.1) is 13.2 Å². The molecule has 9 heteroatoms. The number of rotatable bonds is 5. The van der Waals surface area contributed by atoms with Crippen LogP contribution in [0.4, 0.5) is 5.88 Å². The number of ether oxygens (including phenoxy) is 1. The third kappa shape index (κ3) is 4.82. The second-order valence-corrected chi connectivity index (χ2v) is 8.96. The van der Waals surface area contributed by atoms with Crippen molar-refractivity contribution in [2.45, 2.75) is 19.9 Å². The van der Waals surface area contributed by atoms with Crippen LogP contribution in [0.5, 0.6) is 5.75 Å². The molecule has 33 heavy (non-hydrogen) atoms. The van der Waals surface area contributed by atoms with Gasteiger partial charge in [-0.1, -0.05) is 12.1 Å². The van der Waals surface area contributed by atoms with E-state index in [1.807, 2.05) is 9.80 Å². The number of aromatic nitrogens is 1. The number of amides is 1. The molecule has 2 saturated heterocycles. The highest BCUT2D eigenvalue weighted by Crippen LogP contribution is 2.26. The van der Waals surface area contributed by atoms with Crippen LogP contribution in [0.3, 0.4) is 0 Å². The van der Waals surface area contributed by atoms with E-state index in [0.29, 0.717) is 50.2 Å². The van der Waals surface area contributed by atoms with Gasteiger partial charge < -0.3 is 19.0 Å². The molecule has 174 valence electrons. The fraction of sp³-hybridized carbons (Fsp3) is 0.542. The lowest BCUT2D eigenvalue weighted by Crippen LogP contribution is -2.53. The Morgan fingerprint density at radius 2 is 1.85 bits per heavy atom. The summed E-state index contributed by atoms with van der Waals surface area (Å²) in [6.45, 7) is 10.3. The van der Waals surface area contributed by atoms with Crippen LogP contribution in [0.1, 0.15) is 22.7 Å². The van der Waals surface area contributed by atoms with Gasteiger partial charge in [0, 0.05) is 72.2 Å². The molecule has 2 fully saturated rings. The van der Waals surface area contributed by atoms with E-state index in [2.05, 4.69) is 39.1 Å². The highest BCUT2D eigenvalue weighted by atomic mass is 16.5. The van der Waals surface area contributed by atoms with Gasteiger partial charge in [-0.2, -0.15) is 5.26 Å². The SMILES string of the molecule is Cc1nc(C#N)c(N2CCN(C(=O)CN3CCN(Cc4ccc5c(c4)CCO5)CC3)CC2)o1. The third-order valence-electron chi connectivity index (χ3n) is 6.73. The van der Waals surface area contributed by atoms with Crippen molar-refractivity contribution < 1.29 is 13.9 Å². The van der Waals surface area contributed by atoms with Crippen molar-refractivity contribution >= 4 is 11.8 Å². The van der Waals surface area contributed by atoms with Crippen LogP contribution in [-0.2, 0) is 17.8 Å². The van der Waals surface area contributed by atoms with Crippen molar-refractivity contribution in [2.24, 2.45) is 0 Å². The maximum absolute atomic E-state index is 12.9. The molecule has 0 radical (unpaired) electrons. The predicted molar refractivity (Wildman–Crippen MR) is 122 cm³/mol. The Morgan fingerprint density at radius 3 is 2.61 bits per heavy atom. The Balaban J connectivity index is 1.06. The smallest absolute Gasteiger partial charge is 0.236 e. The van der Waals surface area contributed by atoms with E-state index in [1.54, 1.807) is 6.92 Å². The number of benzene rings is 1. The van der Waals surface area contributed by atoms with Gasteiger partial charge in [-0.05, 0) is 17.2 Å². The molecule has 0 unspecified atom stereocenters. The molecule has 0 atom stereocenters. The van der Waals surface area contributed by atoms with Gasteiger partial charge in [0.25, 0.3) is 0 Å². The largest absolute Gasteiger partial charge is 0.493 e. The summed E-state index contributed by atoms with van der Waals surface area (Å²) < 4.78 is 11.2. The van der Waals surface area contributed by atoms with Crippen LogP contribution in [0.15, 0.2) is 22.6 Å². The van der Waals surface area contributed by atoms with E-state index >= 15 is 0 Å². The Labute approximate surface area is 194 Å². The van der Waals surface area contributed by atoms with Crippen molar-refractivity contribution in [3.05, 3.63) is 40.9 Å². The minimum Gasteiger partial charge on any atom is -0.493 e. The zero-order chi connectivity index (χ0) is 22.8. The van der Waals surface area contributed by atoms with E-state index in [1.165, 1.54) is 11.1 Å². The summed E-state index contributed by atoms with van der Waals surface area (Å²) in [7, 11) is 0. The first-order chi connectivity index (χ1) is 16.1. The third-order valence-corrected chi connectivity index (χ3v) is 6.73. The zero-order valence-corrected chi connectivity index (χ0v) is 19.1. The van der Waals surface area contributed by atoms with Crippen molar-refractivity contribution in [1.29, 1.82) is 5.26 Å². The monoisotopic (exact) mass is 450 g/mol. The number of carbonyl (C=O) groups is 1.